The van der Waals surface area contributed by atoms with Crippen LogP contribution in [0.1, 0.15) is 97.8 Å². The van der Waals surface area contributed by atoms with Crippen molar-refractivity contribution in [3.05, 3.63) is 8.95 Å². The van der Waals surface area contributed by atoms with E-state index < -0.39 is 11.8 Å². The number of benzene rings is 1. The van der Waals surface area contributed by atoms with E-state index in [9.17, 15) is 13.2 Å². The Bertz CT molecular complexity index is 723. The number of ether oxygens (including phenoxy) is 2. The van der Waals surface area contributed by atoms with E-state index in [2.05, 4.69) is 56.3 Å². The van der Waals surface area contributed by atoms with Crippen molar-refractivity contribution in [3.8, 4) is 11.5 Å². The van der Waals surface area contributed by atoms with Crippen LogP contribution in [-0.4, -0.2) is 25.1 Å². The standard InChI is InChI=1S/C25H39Br2F3N2O2/c1-4-6-8-10-12-14-16-33-22-18(26)20-21(32-24(3,31-20)25(28,29)30)19(27)23(22)34-17-15-13-11-9-7-5-2/h31-32H,4-17H2,1-3H3. The first-order valence-electron chi connectivity index (χ1n) is 12.6. The molecule has 0 atom stereocenters. The molecule has 1 aromatic carbocycles. The van der Waals surface area contributed by atoms with Crippen molar-refractivity contribution < 1.29 is 22.6 Å². The third kappa shape index (κ3) is 7.84. The lowest BCUT2D eigenvalue weighted by Crippen LogP contribution is -2.52. The third-order valence-corrected chi connectivity index (χ3v) is 7.61. The van der Waals surface area contributed by atoms with Crippen LogP contribution in [0.25, 0.3) is 0 Å². The number of hydrogen-bond donors (Lipinski definition) is 2. The number of fused-ring (bicyclic) bond motifs is 1. The van der Waals surface area contributed by atoms with Crippen LogP contribution in [0.15, 0.2) is 8.95 Å². The smallest absolute Gasteiger partial charge is 0.429 e. The third-order valence-electron chi connectivity index (χ3n) is 6.10. The van der Waals surface area contributed by atoms with Crippen molar-refractivity contribution in [2.75, 3.05) is 23.8 Å². The van der Waals surface area contributed by atoms with E-state index in [1.165, 1.54) is 38.5 Å². The van der Waals surface area contributed by atoms with E-state index in [0.717, 1.165) is 45.4 Å². The summed E-state index contributed by atoms with van der Waals surface area (Å²) in [5.74, 6) is 0.872. The molecule has 9 heteroatoms. The van der Waals surface area contributed by atoms with Gasteiger partial charge < -0.3 is 20.1 Å². The lowest BCUT2D eigenvalue weighted by atomic mass is 10.1. The predicted molar refractivity (Wildman–Crippen MR) is 141 cm³/mol. The highest BCUT2D eigenvalue weighted by molar-refractivity contribution is 9.11. The Kier molecular flexibility index (Phi) is 12.1. The van der Waals surface area contributed by atoms with Crippen LogP contribution in [-0.2, 0) is 0 Å². The van der Waals surface area contributed by atoms with Gasteiger partial charge in [-0.2, -0.15) is 13.2 Å². The summed E-state index contributed by atoms with van der Waals surface area (Å²) in [5.41, 5.74) is -1.65. The van der Waals surface area contributed by atoms with Gasteiger partial charge >= 0.3 is 6.18 Å². The zero-order valence-electron chi connectivity index (χ0n) is 20.6. The normalized spacial score (nSPS) is 14.5. The number of hydrogen-bond acceptors (Lipinski definition) is 4. The Balaban J connectivity index is 2.14. The molecule has 4 nitrogen and oxygen atoms in total. The molecule has 0 aromatic heterocycles. The predicted octanol–water partition coefficient (Wildman–Crippen LogP) is 9.81. The number of nitrogens with one attached hydrogen (secondary N) is 2. The molecule has 1 aliphatic rings. The molecular weight excluding hydrogens is 577 g/mol. The molecule has 0 aliphatic carbocycles. The zero-order chi connectivity index (χ0) is 25.2. The molecule has 34 heavy (non-hydrogen) atoms. The Morgan fingerprint density at radius 3 is 1.38 bits per heavy atom. The van der Waals surface area contributed by atoms with Gasteiger partial charge in [-0.1, -0.05) is 78.1 Å². The van der Waals surface area contributed by atoms with Crippen LogP contribution >= 0.6 is 31.9 Å². The van der Waals surface area contributed by atoms with Gasteiger partial charge in [0.1, 0.15) is 0 Å². The second kappa shape index (κ2) is 14.0. The van der Waals surface area contributed by atoms with E-state index >= 15 is 0 Å². The maximum Gasteiger partial charge on any atom is 0.429 e. The van der Waals surface area contributed by atoms with Gasteiger partial charge in [0, 0.05) is 0 Å². The molecule has 0 spiro atoms. The number of rotatable bonds is 16. The molecule has 0 unspecified atom stereocenters. The van der Waals surface area contributed by atoms with Gasteiger partial charge in [-0.05, 0) is 51.6 Å². The molecule has 0 radical (unpaired) electrons. The second-order valence-corrected chi connectivity index (χ2v) is 10.7. The highest BCUT2D eigenvalue weighted by Gasteiger charge is 2.56. The molecule has 1 heterocycles. The van der Waals surface area contributed by atoms with Gasteiger partial charge in [-0.3, -0.25) is 0 Å². The number of unbranched alkanes of at least 4 members (excludes halogenated alkanes) is 10. The van der Waals surface area contributed by atoms with Crippen molar-refractivity contribution >= 4 is 43.2 Å². The Morgan fingerprint density at radius 2 is 1.03 bits per heavy atom. The van der Waals surface area contributed by atoms with Crippen molar-refractivity contribution in [2.24, 2.45) is 0 Å². The molecule has 0 amide bonds. The second-order valence-electron chi connectivity index (χ2n) is 9.14. The van der Waals surface area contributed by atoms with Gasteiger partial charge in [0.25, 0.3) is 0 Å². The average molecular weight is 616 g/mol. The summed E-state index contributed by atoms with van der Waals surface area (Å²) >= 11 is 6.99. The van der Waals surface area contributed by atoms with Crippen LogP contribution in [0.4, 0.5) is 24.5 Å². The molecular formula is C25H39Br2F3N2O2. The molecule has 1 aliphatic heterocycles. The average Bonchev–Trinajstić information content (AvgIpc) is 3.16. The van der Waals surface area contributed by atoms with Crippen molar-refractivity contribution in [1.82, 2.24) is 0 Å². The molecule has 0 bridgehead atoms. The molecule has 0 saturated heterocycles. The fourth-order valence-electron chi connectivity index (χ4n) is 3.92. The lowest BCUT2D eigenvalue weighted by Gasteiger charge is -2.28. The van der Waals surface area contributed by atoms with Crippen molar-refractivity contribution in [2.45, 2.75) is 110 Å². The van der Waals surface area contributed by atoms with Crippen LogP contribution in [0, 0.1) is 0 Å². The van der Waals surface area contributed by atoms with E-state index in [1.807, 2.05) is 0 Å². The number of halogens is 5. The quantitative estimate of drug-likeness (QED) is 0.182. The molecule has 2 rings (SSSR count). The molecule has 2 N–H and O–H groups in total. The Labute approximate surface area is 219 Å². The molecule has 1 aromatic rings. The molecule has 0 fully saturated rings. The van der Waals surface area contributed by atoms with Gasteiger partial charge in [-0.25, -0.2) is 0 Å². The van der Waals surface area contributed by atoms with E-state index in [0.29, 0.717) is 45.0 Å². The summed E-state index contributed by atoms with van der Waals surface area (Å²) in [7, 11) is 0. The Morgan fingerprint density at radius 1 is 0.676 bits per heavy atom. The molecule has 196 valence electrons. The first-order chi connectivity index (χ1) is 16.2. The van der Waals surface area contributed by atoms with Crippen molar-refractivity contribution in [3.63, 3.8) is 0 Å². The maximum absolute atomic E-state index is 13.7. The van der Waals surface area contributed by atoms with Crippen molar-refractivity contribution in [1.29, 1.82) is 0 Å². The van der Waals surface area contributed by atoms with Gasteiger partial charge in [-0.15, -0.1) is 0 Å². The summed E-state index contributed by atoms with van der Waals surface area (Å²) in [4.78, 5) is 0. The fraction of sp³-hybridized carbons (Fsp3) is 0.760. The first kappa shape index (κ1) is 29.4. The van der Waals surface area contributed by atoms with Crippen LogP contribution in [0.5, 0.6) is 11.5 Å². The Hall–Kier alpha value is -0.830. The summed E-state index contributed by atoms with van der Waals surface area (Å²) in [6, 6.07) is 0. The summed E-state index contributed by atoms with van der Waals surface area (Å²) in [5, 5.41) is 5.20. The maximum atomic E-state index is 13.7. The first-order valence-corrected chi connectivity index (χ1v) is 14.2. The minimum atomic E-state index is -4.50. The summed E-state index contributed by atoms with van der Waals surface area (Å²) in [6.07, 6.45) is 8.98. The highest BCUT2D eigenvalue weighted by atomic mass is 79.9. The minimum absolute atomic E-state index is 0.316. The molecule has 0 saturated carbocycles. The lowest BCUT2D eigenvalue weighted by molar-refractivity contribution is -0.164. The minimum Gasteiger partial charge on any atom is -0.488 e. The van der Waals surface area contributed by atoms with Gasteiger partial charge in [0.2, 0.25) is 5.66 Å². The van der Waals surface area contributed by atoms with Gasteiger partial charge in [0.15, 0.2) is 11.5 Å². The topological polar surface area (TPSA) is 42.5 Å². The zero-order valence-corrected chi connectivity index (χ0v) is 23.8. The van der Waals surface area contributed by atoms with Gasteiger partial charge in [0.05, 0.1) is 33.5 Å². The highest BCUT2D eigenvalue weighted by Crippen LogP contribution is 2.56. The largest absolute Gasteiger partial charge is 0.488 e. The number of alkyl halides is 3. The monoisotopic (exact) mass is 614 g/mol. The van der Waals surface area contributed by atoms with Crippen LogP contribution < -0.4 is 20.1 Å². The van der Waals surface area contributed by atoms with E-state index in [1.54, 1.807) is 0 Å². The van der Waals surface area contributed by atoms with Crippen LogP contribution in [0.2, 0.25) is 0 Å². The number of anilines is 2. The van der Waals surface area contributed by atoms with E-state index in [-0.39, 0.29) is 0 Å². The summed E-state index contributed by atoms with van der Waals surface area (Å²) < 4.78 is 54.2. The summed E-state index contributed by atoms with van der Waals surface area (Å²) in [6.45, 7) is 6.41. The van der Waals surface area contributed by atoms with E-state index in [4.69, 9.17) is 9.47 Å². The fourth-order valence-corrected chi connectivity index (χ4v) is 5.11. The van der Waals surface area contributed by atoms with Crippen LogP contribution in [0.3, 0.4) is 0 Å². The SMILES string of the molecule is CCCCCCCCOc1c(Br)c2c(c(Br)c1OCCCCCCCC)NC(C)(C(F)(F)F)N2.